The van der Waals surface area contributed by atoms with Gasteiger partial charge in [-0.3, -0.25) is 4.79 Å². The summed E-state index contributed by atoms with van der Waals surface area (Å²) >= 11 is 2.77. The summed E-state index contributed by atoms with van der Waals surface area (Å²) in [4.78, 5) is 12.7. The fraction of sp³-hybridized carbons (Fsp3) is 0.250. The largest absolute Gasteiger partial charge is 0.458 e. The maximum atomic E-state index is 11.7. The van der Waals surface area contributed by atoms with Crippen molar-refractivity contribution in [3.05, 3.63) is 29.3 Å². The molecule has 0 bridgehead atoms. The monoisotopic (exact) mass is 337 g/mol. The van der Waals surface area contributed by atoms with Crippen molar-refractivity contribution in [1.29, 1.82) is 0 Å². The third-order valence-corrected chi connectivity index (χ3v) is 4.47. The van der Waals surface area contributed by atoms with Gasteiger partial charge in [-0.05, 0) is 21.9 Å². The van der Waals surface area contributed by atoms with Crippen LogP contribution in [0.1, 0.15) is 5.69 Å². The van der Waals surface area contributed by atoms with E-state index in [0.717, 1.165) is 4.88 Å². The van der Waals surface area contributed by atoms with Crippen molar-refractivity contribution < 1.29 is 14.1 Å². The molecule has 0 aromatic carbocycles. The molecule has 114 valence electrons. The lowest BCUT2D eigenvalue weighted by molar-refractivity contribution is -0.141. The van der Waals surface area contributed by atoms with Crippen molar-refractivity contribution in [3.63, 3.8) is 0 Å². The predicted molar refractivity (Wildman–Crippen MR) is 79.1 cm³/mol. The Kier molecular flexibility index (Phi) is 4.49. The zero-order valence-corrected chi connectivity index (χ0v) is 13.1. The van der Waals surface area contributed by atoms with Crippen LogP contribution in [-0.2, 0) is 23.2 Å². The molecule has 0 unspecified atom stereocenters. The highest BCUT2D eigenvalue weighted by Crippen LogP contribution is 2.25. The van der Waals surface area contributed by atoms with Crippen LogP contribution in [0, 0.1) is 0 Å². The van der Waals surface area contributed by atoms with Gasteiger partial charge in [-0.25, -0.2) is 4.68 Å². The molecule has 3 heterocycles. The third-order valence-electron chi connectivity index (χ3n) is 2.60. The van der Waals surface area contributed by atoms with E-state index in [-0.39, 0.29) is 18.3 Å². The van der Waals surface area contributed by atoms with Gasteiger partial charge in [0, 0.05) is 13.1 Å². The van der Waals surface area contributed by atoms with E-state index < -0.39 is 0 Å². The molecule has 0 fully saturated rings. The molecule has 0 saturated heterocycles. The number of aromatic nitrogens is 5. The van der Waals surface area contributed by atoms with Crippen molar-refractivity contribution in [2.45, 2.75) is 11.8 Å². The summed E-state index contributed by atoms with van der Waals surface area (Å²) in [5.41, 5.74) is 0.571. The first-order chi connectivity index (χ1) is 10.7. The predicted octanol–water partition coefficient (Wildman–Crippen LogP) is 1.76. The highest BCUT2D eigenvalue weighted by molar-refractivity contribution is 7.99. The fourth-order valence-corrected chi connectivity index (χ4v) is 2.90. The zero-order chi connectivity index (χ0) is 15.4. The average Bonchev–Trinajstić information content (AvgIpc) is 3.24. The van der Waals surface area contributed by atoms with Crippen molar-refractivity contribution >= 4 is 29.1 Å². The Balaban J connectivity index is 1.48. The van der Waals surface area contributed by atoms with Crippen LogP contribution in [0.2, 0.25) is 0 Å². The first-order valence-electron chi connectivity index (χ1n) is 6.22. The number of rotatable bonds is 6. The molecular weight excluding hydrogens is 326 g/mol. The molecule has 0 aliphatic heterocycles. The number of thioether (sulfide) groups is 1. The van der Waals surface area contributed by atoms with Gasteiger partial charge in [0.2, 0.25) is 5.16 Å². The van der Waals surface area contributed by atoms with Crippen LogP contribution < -0.4 is 0 Å². The second kappa shape index (κ2) is 6.71. The van der Waals surface area contributed by atoms with E-state index in [0.29, 0.717) is 16.6 Å². The Morgan fingerprint density at radius 2 is 2.45 bits per heavy atom. The molecule has 22 heavy (non-hydrogen) atoms. The molecule has 3 rings (SSSR count). The van der Waals surface area contributed by atoms with Crippen LogP contribution >= 0.6 is 23.1 Å². The number of tetrazole rings is 1. The Morgan fingerprint density at radius 1 is 1.55 bits per heavy atom. The van der Waals surface area contributed by atoms with Crippen LogP contribution in [0.4, 0.5) is 0 Å². The van der Waals surface area contributed by atoms with E-state index >= 15 is 0 Å². The molecule has 0 radical (unpaired) electrons. The first kappa shape index (κ1) is 14.7. The summed E-state index contributed by atoms with van der Waals surface area (Å²) in [7, 11) is 1.70. The minimum atomic E-state index is -0.367. The molecule has 8 nitrogen and oxygen atoms in total. The van der Waals surface area contributed by atoms with Gasteiger partial charge in [0.15, 0.2) is 5.76 Å². The SMILES string of the molecule is Cn1nnnc1SCC(=O)OCc1cc(-c2cccs2)on1. The lowest BCUT2D eigenvalue weighted by Gasteiger charge is -2.01. The van der Waals surface area contributed by atoms with Crippen LogP contribution in [0.5, 0.6) is 0 Å². The summed E-state index contributed by atoms with van der Waals surface area (Å²) in [5.74, 6) is 0.429. The number of hydrogen-bond donors (Lipinski definition) is 0. The molecule has 0 N–H and O–H groups in total. The number of carbonyl (C=O) groups excluding carboxylic acids is 1. The molecule has 10 heteroatoms. The molecule has 0 atom stereocenters. The van der Waals surface area contributed by atoms with Gasteiger partial charge in [0.1, 0.15) is 12.3 Å². The van der Waals surface area contributed by atoms with Gasteiger partial charge in [-0.15, -0.1) is 16.4 Å². The topological polar surface area (TPSA) is 95.9 Å². The zero-order valence-electron chi connectivity index (χ0n) is 11.5. The number of ether oxygens (including phenoxy) is 1. The summed E-state index contributed by atoms with van der Waals surface area (Å²) < 4.78 is 11.8. The van der Waals surface area contributed by atoms with Gasteiger partial charge < -0.3 is 9.26 Å². The van der Waals surface area contributed by atoms with Crippen molar-refractivity contribution in [3.8, 4) is 10.6 Å². The Hall–Kier alpha value is -2.20. The minimum Gasteiger partial charge on any atom is -0.458 e. The van der Waals surface area contributed by atoms with E-state index in [2.05, 4.69) is 20.7 Å². The first-order valence-corrected chi connectivity index (χ1v) is 8.09. The van der Waals surface area contributed by atoms with Crippen molar-refractivity contribution in [2.75, 3.05) is 5.75 Å². The molecule has 0 aliphatic carbocycles. The van der Waals surface area contributed by atoms with E-state index in [4.69, 9.17) is 9.26 Å². The second-order valence-electron chi connectivity index (χ2n) is 4.19. The Labute approximate surface area is 133 Å². The summed E-state index contributed by atoms with van der Waals surface area (Å²) in [6.07, 6.45) is 0. The smallest absolute Gasteiger partial charge is 0.316 e. The molecular formula is C12H11N5O3S2. The maximum absolute atomic E-state index is 11.7. The molecule has 0 saturated carbocycles. The molecule has 0 aliphatic rings. The van der Waals surface area contributed by atoms with E-state index in [9.17, 15) is 4.79 Å². The van der Waals surface area contributed by atoms with E-state index in [1.807, 2.05) is 17.5 Å². The van der Waals surface area contributed by atoms with Crippen LogP contribution in [0.25, 0.3) is 10.6 Å². The number of thiophene rings is 1. The van der Waals surface area contributed by atoms with Gasteiger partial charge in [-0.1, -0.05) is 23.0 Å². The highest BCUT2D eigenvalue weighted by atomic mass is 32.2. The standard InChI is InChI=1S/C12H11N5O3S2/c1-17-12(13-15-16-17)22-7-11(18)19-6-8-5-9(20-14-8)10-3-2-4-21-10/h2-5H,6-7H2,1H3. The molecule has 0 amide bonds. The Morgan fingerprint density at radius 3 is 3.18 bits per heavy atom. The van der Waals surface area contributed by atoms with E-state index in [1.54, 1.807) is 24.5 Å². The van der Waals surface area contributed by atoms with Crippen molar-refractivity contribution in [2.24, 2.45) is 7.05 Å². The third kappa shape index (κ3) is 3.52. The van der Waals surface area contributed by atoms with E-state index in [1.165, 1.54) is 16.4 Å². The van der Waals surface area contributed by atoms with Crippen LogP contribution in [0.3, 0.4) is 0 Å². The summed E-state index contributed by atoms with van der Waals surface area (Å²) in [6, 6.07) is 5.63. The van der Waals surface area contributed by atoms with Crippen LogP contribution in [0.15, 0.2) is 33.3 Å². The fourth-order valence-electron chi connectivity index (χ4n) is 1.58. The van der Waals surface area contributed by atoms with Gasteiger partial charge >= 0.3 is 5.97 Å². The number of aryl methyl sites for hydroxylation is 1. The summed E-state index contributed by atoms with van der Waals surface area (Å²) in [6.45, 7) is 0.0747. The lowest BCUT2D eigenvalue weighted by atomic mass is 10.3. The van der Waals surface area contributed by atoms with Crippen LogP contribution in [-0.4, -0.2) is 37.1 Å². The number of carbonyl (C=O) groups is 1. The maximum Gasteiger partial charge on any atom is 0.316 e. The number of nitrogens with zero attached hydrogens (tertiary/aromatic N) is 5. The average molecular weight is 337 g/mol. The van der Waals surface area contributed by atoms with Gasteiger partial charge in [0.25, 0.3) is 0 Å². The molecule has 0 spiro atoms. The second-order valence-corrected chi connectivity index (χ2v) is 6.08. The number of hydrogen-bond acceptors (Lipinski definition) is 9. The minimum absolute atomic E-state index is 0.0747. The molecule has 3 aromatic rings. The lowest BCUT2D eigenvalue weighted by Crippen LogP contribution is -2.08. The normalized spacial score (nSPS) is 10.8. The number of esters is 1. The van der Waals surface area contributed by atoms with Gasteiger partial charge in [0.05, 0.1) is 10.6 Å². The Bertz CT molecular complexity index is 753. The highest BCUT2D eigenvalue weighted by Gasteiger charge is 2.12. The summed E-state index contributed by atoms with van der Waals surface area (Å²) in [5, 5.41) is 17.3. The van der Waals surface area contributed by atoms with Crippen molar-refractivity contribution in [1.82, 2.24) is 25.4 Å². The quantitative estimate of drug-likeness (QED) is 0.496. The van der Waals surface area contributed by atoms with Gasteiger partial charge in [-0.2, -0.15) is 0 Å². The molecule has 3 aromatic heterocycles.